The third-order valence-electron chi connectivity index (χ3n) is 2.51. The molecule has 18 heavy (non-hydrogen) atoms. The molecule has 0 aliphatic heterocycles. The number of rotatable bonds is 7. The summed E-state index contributed by atoms with van der Waals surface area (Å²) >= 11 is 0. The van der Waals surface area contributed by atoms with Gasteiger partial charge in [0.2, 0.25) is 10.0 Å². The van der Waals surface area contributed by atoms with E-state index >= 15 is 0 Å². The highest BCUT2D eigenvalue weighted by Gasteiger charge is 2.22. The van der Waals surface area contributed by atoms with Gasteiger partial charge in [-0.25, -0.2) is 13.1 Å². The van der Waals surface area contributed by atoms with Crippen molar-refractivity contribution >= 4 is 10.0 Å². The molecule has 1 aromatic rings. The van der Waals surface area contributed by atoms with Gasteiger partial charge in [0.1, 0.15) is 0 Å². The van der Waals surface area contributed by atoms with Gasteiger partial charge in [-0.3, -0.25) is 0 Å². The van der Waals surface area contributed by atoms with Crippen molar-refractivity contribution in [1.82, 2.24) is 19.7 Å². The van der Waals surface area contributed by atoms with E-state index in [9.17, 15) is 8.42 Å². The monoisotopic (exact) mass is 274 g/mol. The highest BCUT2D eigenvalue weighted by atomic mass is 32.2. The van der Waals surface area contributed by atoms with E-state index < -0.39 is 10.0 Å². The Labute approximate surface area is 109 Å². The first-order valence-electron chi connectivity index (χ1n) is 6.14. The van der Waals surface area contributed by atoms with E-state index in [4.69, 9.17) is 0 Å². The quantitative estimate of drug-likeness (QED) is 0.800. The van der Waals surface area contributed by atoms with Crippen molar-refractivity contribution in [2.24, 2.45) is 11.8 Å². The fourth-order valence-electron chi connectivity index (χ4n) is 1.62. The van der Waals surface area contributed by atoms with Gasteiger partial charge in [0.15, 0.2) is 0 Å². The van der Waals surface area contributed by atoms with Crippen LogP contribution in [0.3, 0.4) is 0 Å². The van der Waals surface area contributed by atoms with Gasteiger partial charge in [-0.05, 0) is 11.8 Å². The minimum atomic E-state index is -3.25. The first kappa shape index (κ1) is 15.1. The van der Waals surface area contributed by atoms with Gasteiger partial charge in [-0.1, -0.05) is 27.7 Å². The molecule has 0 aliphatic carbocycles. The maximum Gasteiger partial charge on any atom is 0.212 e. The summed E-state index contributed by atoms with van der Waals surface area (Å²) in [6, 6.07) is -0.193. The molecule has 0 bridgehead atoms. The third kappa shape index (κ3) is 5.14. The van der Waals surface area contributed by atoms with Gasteiger partial charge in [-0.2, -0.15) is 15.0 Å². The van der Waals surface area contributed by atoms with Crippen LogP contribution in [-0.4, -0.2) is 35.2 Å². The maximum absolute atomic E-state index is 11.9. The first-order chi connectivity index (χ1) is 8.30. The average molecular weight is 274 g/mol. The molecule has 7 heteroatoms. The van der Waals surface area contributed by atoms with E-state index in [2.05, 4.69) is 14.9 Å². The second-order valence-electron chi connectivity index (χ2n) is 5.23. The topological polar surface area (TPSA) is 76.9 Å². The first-order valence-corrected chi connectivity index (χ1v) is 7.79. The van der Waals surface area contributed by atoms with Crippen molar-refractivity contribution in [3.05, 3.63) is 12.4 Å². The van der Waals surface area contributed by atoms with Gasteiger partial charge < -0.3 is 0 Å². The summed E-state index contributed by atoms with van der Waals surface area (Å²) in [7, 11) is -3.25. The van der Waals surface area contributed by atoms with Crippen LogP contribution in [0.4, 0.5) is 0 Å². The average Bonchev–Trinajstić information content (AvgIpc) is 2.66. The van der Waals surface area contributed by atoms with Crippen LogP contribution in [0.2, 0.25) is 0 Å². The van der Waals surface area contributed by atoms with Crippen molar-refractivity contribution < 1.29 is 8.42 Å². The van der Waals surface area contributed by atoms with Gasteiger partial charge in [0.25, 0.3) is 0 Å². The van der Waals surface area contributed by atoms with E-state index in [0.29, 0.717) is 6.54 Å². The van der Waals surface area contributed by atoms with E-state index in [1.807, 2.05) is 27.7 Å². The summed E-state index contributed by atoms with van der Waals surface area (Å²) in [5, 5.41) is 8.00. The molecule has 104 valence electrons. The number of hydrogen-bond donors (Lipinski definition) is 1. The summed E-state index contributed by atoms with van der Waals surface area (Å²) in [4.78, 5) is 1.50. The summed E-state index contributed by atoms with van der Waals surface area (Å²) < 4.78 is 26.6. The van der Waals surface area contributed by atoms with Crippen molar-refractivity contribution in [2.45, 2.75) is 40.3 Å². The normalized spacial score (nSPS) is 14.3. The highest BCUT2D eigenvalue weighted by molar-refractivity contribution is 7.89. The molecule has 0 aliphatic rings. The Hall–Kier alpha value is -0.950. The summed E-state index contributed by atoms with van der Waals surface area (Å²) in [5.74, 6) is 0.430. The summed E-state index contributed by atoms with van der Waals surface area (Å²) in [6.07, 6.45) is 3.17. The molecular weight excluding hydrogens is 252 g/mol. The maximum atomic E-state index is 11.9. The van der Waals surface area contributed by atoms with Crippen LogP contribution in [0.1, 0.15) is 27.7 Å². The molecule has 1 aromatic heterocycles. The molecule has 1 unspecified atom stereocenters. The fraction of sp³-hybridized carbons (Fsp3) is 0.818. The van der Waals surface area contributed by atoms with Crippen molar-refractivity contribution in [1.29, 1.82) is 0 Å². The summed E-state index contributed by atoms with van der Waals surface area (Å²) in [5.41, 5.74) is 0. The molecule has 1 rings (SSSR count). The molecule has 6 nitrogen and oxygen atoms in total. The van der Waals surface area contributed by atoms with Gasteiger partial charge >= 0.3 is 0 Å². The van der Waals surface area contributed by atoms with Crippen LogP contribution in [0, 0.1) is 11.8 Å². The lowest BCUT2D eigenvalue weighted by Crippen LogP contribution is -2.43. The van der Waals surface area contributed by atoms with E-state index in [0.717, 1.165) is 0 Å². The molecule has 1 heterocycles. The molecule has 0 spiro atoms. The molecule has 0 radical (unpaired) electrons. The minimum Gasteiger partial charge on any atom is -0.212 e. The zero-order valence-electron chi connectivity index (χ0n) is 11.4. The SMILES string of the molecule is CC(C)CS(=O)(=O)NC(Cn1nccn1)C(C)C. The van der Waals surface area contributed by atoms with E-state index in [1.165, 1.54) is 4.80 Å². The lowest BCUT2D eigenvalue weighted by Gasteiger charge is -2.22. The Morgan fingerprint density at radius 3 is 2.17 bits per heavy atom. The molecule has 0 aromatic carbocycles. The van der Waals surface area contributed by atoms with Crippen LogP contribution >= 0.6 is 0 Å². The second kappa shape index (κ2) is 6.29. The van der Waals surface area contributed by atoms with E-state index in [-0.39, 0.29) is 23.6 Å². The number of aromatic nitrogens is 3. The smallest absolute Gasteiger partial charge is 0.212 e. The zero-order valence-corrected chi connectivity index (χ0v) is 12.2. The molecule has 1 N–H and O–H groups in total. The molecule has 0 saturated heterocycles. The lowest BCUT2D eigenvalue weighted by atomic mass is 10.1. The number of nitrogens with zero attached hydrogens (tertiary/aromatic N) is 3. The lowest BCUT2D eigenvalue weighted by molar-refractivity contribution is 0.361. The minimum absolute atomic E-state index is 0.109. The van der Waals surface area contributed by atoms with Gasteiger partial charge in [-0.15, -0.1) is 0 Å². The van der Waals surface area contributed by atoms with Crippen LogP contribution < -0.4 is 4.72 Å². The van der Waals surface area contributed by atoms with Crippen LogP contribution in [0.25, 0.3) is 0 Å². The fourth-order valence-corrected chi connectivity index (χ4v) is 3.40. The van der Waals surface area contributed by atoms with Crippen molar-refractivity contribution in [2.75, 3.05) is 5.75 Å². The molecule has 0 saturated carbocycles. The highest BCUT2D eigenvalue weighted by Crippen LogP contribution is 2.07. The predicted molar refractivity (Wildman–Crippen MR) is 70.4 cm³/mol. The largest absolute Gasteiger partial charge is 0.212 e. The Morgan fingerprint density at radius 1 is 1.17 bits per heavy atom. The zero-order chi connectivity index (χ0) is 13.8. The predicted octanol–water partition coefficient (Wildman–Crippen LogP) is 0.878. The van der Waals surface area contributed by atoms with Crippen molar-refractivity contribution in [3.8, 4) is 0 Å². The molecular formula is C11H22N4O2S. The number of nitrogens with one attached hydrogen (secondary N) is 1. The molecule has 0 fully saturated rings. The second-order valence-corrected chi connectivity index (χ2v) is 7.03. The van der Waals surface area contributed by atoms with Gasteiger partial charge in [0, 0.05) is 6.04 Å². The summed E-state index contributed by atoms with van der Waals surface area (Å²) in [6.45, 7) is 8.18. The van der Waals surface area contributed by atoms with Crippen molar-refractivity contribution in [3.63, 3.8) is 0 Å². The Morgan fingerprint density at radius 2 is 1.72 bits per heavy atom. The Balaban J connectivity index is 2.69. The Kier molecular flexibility index (Phi) is 5.28. The van der Waals surface area contributed by atoms with Gasteiger partial charge in [0.05, 0.1) is 24.7 Å². The van der Waals surface area contributed by atoms with Crippen LogP contribution in [0.15, 0.2) is 12.4 Å². The molecule has 1 atom stereocenters. The Bertz CT molecular complexity index is 440. The standard InChI is InChI=1S/C11H22N4O2S/c1-9(2)8-18(16,17)14-11(10(3)4)7-15-12-5-6-13-15/h5-6,9-11,14H,7-8H2,1-4H3. The third-order valence-corrected chi connectivity index (χ3v) is 4.28. The van der Waals surface area contributed by atoms with Crippen LogP contribution in [-0.2, 0) is 16.6 Å². The van der Waals surface area contributed by atoms with Crippen LogP contribution in [0.5, 0.6) is 0 Å². The van der Waals surface area contributed by atoms with E-state index in [1.54, 1.807) is 12.4 Å². The number of sulfonamides is 1. The number of hydrogen-bond acceptors (Lipinski definition) is 4. The molecule has 0 amide bonds.